The molecule has 2 aromatic rings. The maximum atomic E-state index is 10.3. The number of nitriles is 1. The Hall–Kier alpha value is -2.58. The van der Waals surface area contributed by atoms with Gasteiger partial charge in [-0.05, 0) is 98.1 Å². The fraction of sp³-hybridized carbons (Fsp3) is 0.586. The highest BCUT2D eigenvalue weighted by atomic mass is 16.3. The highest BCUT2D eigenvalue weighted by molar-refractivity contribution is 5.72. The van der Waals surface area contributed by atoms with Gasteiger partial charge in [-0.15, -0.1) is 0 Å². The summed E-state index contributed by atoms with van der Waals surface area (Å²) in [7, 11) is 0. The summed E-state index contributed by atoms with van der Waals surface area (Å²) in [5, 5.41) is 20.0. The number of allylic oxidation sites excluding steroid dienone is 1. The Morgan fingerprint density at radius 1 is 1.18 bits per heavy atom. The second-order valence-corrected chi connectivity index (χ2v) is 11.8. The van der Waals surface area contributed by atoms with Gasteiger partial charge in [0.2, 0.25) is 0 Å². The van der Waals surface area contributed by atoms with Crippen LogP contribution in [0, 0.1) is 39.9 Å². The third-order valence-corrected chi connectivity index (χ3v) is 10.4. The largest absolute Gasteiger partial charge is 0.464 e. The number of aliphatic hydroxyl groups is 1. The van der Waals surface area contributed by atoms with Gasteiger partial charge in [0.05, 0.1) is 12.4 Å². The summed E-state index contributed by atoms with van der Waals surface area (Å²) in [6, 6.07) is 8.04. The number of rotatable bonds is 2. The lowest BCUT2D eigenvalue weighted by molar-refractivity contribution is -0.0412. The van der Waals surface area contributed by atoms with E-state index in [9.17, 15) is 10.4 Å². The van der Waals surface area contributed by atoms with Crippen molar-refractivity contribution >= 4 is 5.82 Å². The Labute approximate surface area is 202 Å². The molecule has 7 atom stereocenters. The number of fused-ring (bicyclic) bond motifs is 5. The SMILES string of the molecule is C[C@]12CC[C@H]3[C@@H](CC=C4C[C@@H](O)CC[C@@]43C)[C@@H]1CC[C@@H]2c1cc(-c2ccco2)c(C#N)c(N)n1. The summed E-state index contributed by atoms with van der Waals surface area (Å²) in [6.45, 7) is 4.97. The van der Waals surface area contributed by atoms with Gasteiger partial charge < -0.3 is 15.3 Å². The van der Waals surface area contributed by atoms with Crippen molar-refractivity contribution in [3.05, 3.63) is 47.4 Å². The van der Waals surface area contributed by atoms with Crippen LogP contribution in [-0.4, -0.2) is 16.2 Å². The van der Waals surface area contributed by atoms with Gasteiger partial charge in [0.25, 0.3) is 0 Å². The van der Waals surface area contributed by atoms with Crippen LogP contribution in [0.25, 0.3) is 11.3 Å². The second-order valence-electron chi connectivity index (χ2n) is 11.8. The lowest BCUT2D eigenvalue weighted by atomic mass is 9.47. The third kappa shape index (κ3) is 3.04. The zero-order valence-corrected chi connectivity index (χ0v) is 20.3. The molecular weight excluding hydrogens is 422 g/mol. The molecule has 5 heteroatoms. The topological polar surface area (TPSA) is 96.1 Å². The lowest BCUT2D eigenvalue weighted by Gasteiger charge is -2.58. The molecule has 0 radical (unpaired) electrons. The van der Waals surface area contributed by atoms with E-state index >= 15 is 0 Å². The minimum Gasteiger partial charge on any atom is -0.464 e. The van der Waals surface area contributed by atoms with Gasteiger partial charge in [-0.1, -0.05) is 25.5 Å². The van der Waals surface area contributed by atoms with Crippen LogP contribution < -0.4 is 5.73 Å². The first kappa shape index (κ1) is 21.9. The maximum absolute atomic E-state index is 10.3. The predicted octanol–water partition coefficient (Wildman–Crippen LogP) is 6.20. The van der Waals surface area contributed by atoms with E-state index in [1.54, 1.807) is 6.26 Å². The van der Waals surface area contributed by atoms with E-state index in [1.165, 1.54) is 24.8 Å². The van der Waals surface area contributed by atoms with Crippen molar-refractivity contribution in [1.82, 2.24) is 4.98 Å². The molecule has 3 saturated carbocycles. The number of nitrogens with two attached hydrogens (primary N) is 1. The fourth-order valence-corrected chi connectivity index (χ4v) is 8.64. The Morgan fingerprint density at radius 3 is 2.79 bits per heavy atom. The van der Waals surface area contributed by atoms with E-state index in [0.717, 1.165) is 49.3 Å². The molecule has 5 nitrogen and oxygen atoms in total. The molecule has 0 spiro atoms. The number of anilines is 1. The van der Waals surface area contributed by atoms with Crippen LogP contribution in [0.1, 0.15) is 82.4 Å². The molecule has 3 fully saturated rings. The van der Waals surface area contributed by atoms with E-state index in [0.29, 0.717) is 34.9 Å². The molecule has 2 aromatic heterocycles. The van der Waals surface area contributed by atoms with Crippen molar-refractivity contribution in [3.8, 4) is 17.4 Å². The number of hydrogen-bond donors (Lipinski definition) is 2. The van der Waals surface area contributed by atoms with Gasteiger partial charge in [0, 0.05) is 17.2 Å². The number of pyridine rings is 1. The van der Waals surface area contributed by atoms with E-state index < -0.39 is 0 Å². The molecule has 178 valence electrons. The maximum Gasteiger partial charge on any atom is 0.142 e. The van der Waals surface area contributed by atoms with Gasteiger partial charge >= 0.3 is 0 Å². The number of furan rings is 1. The van der Waals surface area contributed by atoms with Crippen molar-refractivity contribution < 1.29 is 9.52 Å². The zero-order chi connectivity index (χ0) is 23.7. The van der Waals surface area contributed by atoms with Crippen LogP contribution in [-0.2, 0) is 0 Å². The van der Waals surface area contributed by atoms with Crippen LogP contribution >= 0.6 is 0 Å². The smallest absolute Gasteiger partial charge is 0.142 e. The number of aromatic nitrogens is 1. The monoisotopic (exact) mass is 457 g/mol. The van der Waals surface area contributed by atoms with E-state index in [2.05, 4.69) is 32.1 Å². The first-order chi connectivity index (χ1) is 16.3. The molecule has 4 aliphatic rings. The lowest BCUT2D eigenvalue weighted by Crippen LogP contribution is -2.50. The van der Waals surface area contributed by atoms with Gasteiger partial charge in [-0.25, -0.2) is 4.98 Å². The van der Waals surface area contributed by atoms with E-state index in [4.69, 9.17) is 15.1 Å². The number of nitrogen functional groups attached to an aromatic ring is 1. The van der Waals surface area contributed by atoms with Crippen LogP contribution in [0.2, 0.25) is 0 Å². The summed E-state index contributed by atoms with van der Waals surface area (Å²) < 4.78 is 5.65. The quantitative estimate of drug-likeness (QED) is 0.523. The third-order valence-electron chi connectivity index (χ3n) is 10.4. The summed E-state index contributed by atoms with van der Waals surface area (Å²) in [4.78, 5) is 4.80. The normalized spacial score (nSPS) is 38.9. The Balaban J connectivity index is 1.35. The Bertz CT molecular complexity index is 1180. The van der Waals surface area contributed by atoms with Crippen LogP contribution in [0.15, 0.2) is 40.5 Å². The van der Waals surface area contributed by atoms with Crippen LogP contribution in [0.4, 0.5) is 5.82 Å². The van der Waals surface area contributed by atoms with Crippen molar-refractivity contribution in [3.63, 3.8) is 0 Å². The molecule has 2 heterocycles. The molecule has 0 unspecified atom stereocenters. The molecule has 4 aliphatic carbocycles. The highest BCUT2D eigenvalue weighted by Crippen LogP contribution is 2.68. The van der Waals surface area contributed by atoms with Crippen molar-refractivity contribution in [1.29, 1.82) is 5.26 Å². The summed E-state index contributed by atoms with van der Waals surface area (Å²) in [6.07, 6.45) is 12.8. The number of hydrogen-bond acceptors (Lipinski definition) is 5. The molecule has 34 heavy (non-hydrogen) atoms. The molecular formula is C29H35N3O2. The van der Waals surface area contributed by atoms with Crippen LogP contribution in [0.5, 0.6) is 0 Å². The number of aliphatic hydroxyl groups excluding tert-OH is 1. The minimum atomic E-state index is -0.156. The van der Waals surface area contributed by atoms with Crippen LogP contribution in [0.3, 0.4) is 0 Å². The first-order valence-corrected chi connectivity index (χ1v) is 13.0. The summed E-state index contributed by atoms with van der Waals surface area (Å²) >= 11 is 0. The van der Waals surface area contributed by atoms with Crippen molar-refractivity contribution in [2.24, 2.45) is 28.6 Å². The van der Waals surface area contributed by atoms with Gasteiger partial charge in [0.1, 0.15) is 23.2 Å². The summed E-state index contributed by atoms with van der Waals surface area (Å²) in [5.74, 6) is 3.41. The summed E-state index contributed by atoms with van der Waals surface area (Å²) in [5.41, 5.74) is 10.5. The standard InChI is InChI=1S/C29H35N3O2/c1-28-11-9-18(33)14-17(28)5-6-19-22-7-8-24(29(22,2)12-10-23(19)28)25-15-20(26-4-3-13-34-26)21(16-30)27(31)32-25/h3-5,13,15,18-19,22-24,33H,6-12,14H2,1-2H3,(H2,31,32)/t18-,19-,22-,23-,24+,28-,29-/m0/s1. The first-order valence-electron chi connectivity index (χ1n) is 13.0. The van der Waals surface area contributed by atoms with Gasteiger partial charge in [-0.3, -0.25) is 0 Å². The van der Waals surface area contributed by atoms with Gasteiger partial charge in [0.15, 0.2) is 0 Å². The molecule has 3 N–H and O–H groups in total. The molecule has 0 aromatic carbocycles. The zero-order valence-electron chi connectivity index (χ0n) is 20.3. The molecule has 0 amide bonds. The molecule has 0 saturated heterocycles. The number of nitrogens with zero attached hydrogens (tertiary/aromatic N) is 2. The minimum absolute atomic E-state index is 0.156. The Morgan fingerprint density at radius 2 is 2.03 bits per heavy atom. The van der Waals surface area contributed by atoms with E-state index in [-0.39, 0.29) is 16.9 Å². The molecule has 0 bridgehead atoms. The average Bonchev–Trinajstić information content (AvgIpc) is 3.47. The second kappa shape index (κ2) is 7.71. The van der Waals surface area contributed by atoms with Crippen molar-refractivity contribution in [2.75, 3.05) is 5.73 Å². The van der Waals surface area contributed by atoms with Crippen molar-refractivity contribution in [2.45, 2.75) is 77.2 Å². The predicted molar refractivity (Wildman–Crippen MR) is 132 cm³/mol. The Kier molecular flexibility index (Phi) is 4.97. The molecule has 6 rings (SSSR count). The van der Waals surface area contributed by atoms with E-state index in [1.807, 2.05) is 12.1 Å². The highest BCUT2D eigenvalue weighted by Gasteiger charge is 2.59. The fourth-order valence-electron chi connectivity index (χ4n) is 8.64. The molecule has 0 aliphatic heterocycles. The van der Waals surface area contributed by atoms with Gasteiger partial charge in [-0.2, -0.15) is 5.26 Å². The average molecular weight is 458 g/mol.